The molecule has 0 fully saturated rings. The summed E-state index contributed by atoms with van der Waals surface area (Å²) in [5.41, 5.74) is 3.44. The number of aromatic nitrogens is 2. The molecule has 0 saturated carbocycles. The molecule has 0 radical (unpaired) electrons. The van der Waals surface area contributed by atoms with Crippen LogP contribution in [0.5, 0.6) is 5.75 Å². The summed E-state index contributed by atoms with van der Waals surface area (Å²) in [5, 5.41) is 7.74. The van der Waals surface area contributed by atoms with Crippen molar-refractivity contribution in [2.24, 2.45) is 0 Å². The zero-order chi connectivity index (χ0) is 13.7. The molecule has 1 aromatic heterocycles. The van der Waals surface area contributed by atoms with Gasteiger partial charge < -0.3 is 10.1 Å². The third-order valence-corrected chi connectivity index (χ3v) is 3.11. The van der Waals surface area contributed by atoms with Gasteiger partial charge in [-0.2, -0.15) is 5.10 Å². The van der Waals surface area contributed by atoms with E-state index < -0.39 is 0 Å². The molecular weight excluding hydrogens is 238 g/mol. The molecule has 0 saturated heterocycles. The molecule has 1 aromatic carbocycles. The Labute approximate surface area is 114 Å². The van der Waals surface area contributed by atoms with Gasteiger partial charge in [-0.15, -0.1) is 0 Å². The van der Waals surface area contributed by atoms with Crippen LogP contribution in [0.3, 0.4) is 0 Å². The van der Waals surface area contributed by atoms with E-state index in [0.29, 0.717) is 0 Å². The first kappa shape index (κ1) is 13.5. The van der Waals surface area contributed by atoms with Gasteiger partial charge in [0.2, 0.25) is 0 Å². The van der Waals surface area contributed by atoms with Gasteiger partial charge in [0.25, 0.3) is 0 Å². The van der Waals surface area contributed by atoms with Crippen molar-refractivity contribution in [3.63, 3.8) is 0 Å². The summed E-state index contributed by atoms with van der Waals surface area (Å²) >= 11 is 0. The topological polar surface area (TPSA) is 39.1 Å². The van der Waals surface area contributed by atoms with Crippen LogP contribution in [0.15, 0.2) is 30.5 Å². The molecule has 1 heterocycles. The van der Waals surface area contributed by atoms with Crippen LogP contribution < -0.4 is 10.1 Å². The molecule has 102 valence electrons. The van der Waals surface area contributed by atoms with Crippen molar-refractivity contribution < 1.29 is 4.74 Å². The predicted octanol–water partition coefficient (Wildman–Crippen LogP) is 3.22. The average molecular weight is 259 g/mol. The van der Waals surface area contributed by atoms with Crippen molar-refractivity contribution >= 4 is 5.69 Å². The third-order valence-electron chi connectivity index (χ3n) is 3.11. The van der Waals surface area contributed by atoms with Crippen molar-refractivity contribution in [2.45, 2.75) is 33.4 Å². The van der Waals surface area contributed by atoms with E-state index in [9.17, 15) is 0 Å². The second-order valence-electron chi connectivity index (χ2n) is 4.58. The van der Waals surface area contributed by atoms with E-state index in [0.717, 1.165) is 36.5 Å². The minimum Gasteiger partial charge on any atom is -0.496 e. The largest absolute Gasteiger partial charge is 0.496 e. The molecule has 0 aliphatic carbocycles. The number of hydrogen-bond donors (Lipinski definition) is 1. The maximum absolute atomic E-state index is 5.26. The van der Waals surface area contributed by atoms with Gasteiger partial charge in [-0.1, -0.05) is 6.92 Å². The van der Waals surface area contributed by atoms with Crippen molar-refractivity contribution in [1.29, 1.82) is 0 Å². The summed E-state index contributed by atoms with van der Waals surface area (Å²) in [4.78, 5) is 0. The Kier molecular flexibility index (Phi) is 4.44. The minimum absolute atomic E-state index is 0.784. The van der Waals surface area contributed by atoms with Crippen LogP contribution in [0.2, 0.25) is 0 Å². The summed E-state index contributed by atoms with van der Waals surface area (Å²) in [6, 6.07) is 8.17. The minimum atomic E-state index is 0.784. The van der Waals surface area contributed by atoms with Crippen LogP contribution in [0.1, 0.15) is 24.6 Å². The number of nitrogens with zero attached hydrogens (tertiary/aromatic N) is 2. The molecule has 0 atom stereocenters. The number of methoxy groups -OCH3 is 1. The standard InChI is InChI=1S/C15H21N3O/c1-4-9-18-14(7-8-17-18)11-16-13-5-6-15(19-3)12(2)10-13/h5-8,10,16H,4,9,11H2,1-3H3. The quantitative estimate of drug-likeness (QED) is 0.865. The lowest BCUT2D eigenvalue weighted by molar-refractivity contribution is 0.412. The van der Waals surface area contributed by atoms with Gasteiger partial charge in [0.15, 0.2) is 0 Å². The number of benzene rings is 1. The van der Waals surface area contributed by atoms with Gasteiger partial charge in [-0.3, -0.25) is 4.68 Å². The molecule has 4 heteroatoms. The highest BCUT2D eigenvalue weighted by Crippen LogP contribution is 2.21. The van der Waals surface area contributed by atoms with Crippen molar-refractivity contribution in [2.75, 3.05) is 12.4 Å². The molecule has 0 amide bonds. The number of rotatable bonds is 6. The Hall–Kier alpha value is -1.97. The van der Waals surface area contributed by atoms with Crippen LogP contribution in [0.25, 0.3) is 0 Å². The Morgan fingerprint density at radius 1 is 1.32 bits per heavy atom. The number of hydrogen-bond acceptors (Lipinski definition) is 3. The van der Waals surface area contributed by atoms with Gasteiger partial charge in [0.1, 0.15) is 5.75 Å². The summed E-state index contributed by atoms with van der Waals surface area (Å²) in [5.74, 6) is 0.918. The first-order chi connectivity index (χ1) is 9.24. The Morgan fingerprint density at radius 3 is 2.84 bits per heavy atom. The molecule has 19 heavy (non-hydrogen) atoms. The van der Waals surface area contributed by atoms with E-state index >= 15 is 0 Å². The van der Waals surface area contributed by atoms with Crippen molar-refractivity contribution in [3.8, 4) is 5.75 Å². The SMILES string of the molecule is CCCn1nccc1CNc1ccc(OC)c(C)c1. The molecular formula is C15H21N3O. The Morgan fingerprint density at radius 2 is 2.16 bits per heavy atom. The Balaban J connectivity index is 2.02. The van der Waals surface area contributed by atoms with Crippen molar-refractivity contribution in [3.05, 3.63) is 41.7 Å². The molecule has 1 N–H and O–H groups in total. The lowest BCUT2D eigenvalue weighted by Crippen LogP contribution is -2.09. The van der Waals surface area contributed by atoms with E-state index in [4.69, 9.17) is 4.74 Å². The zero-order valence-electron chi connectivity index (χ0n) is 11.8. The molecule has 0 aliphatic heterocycles. The van der Waals surface area contributed by atoms with E-state index in [1.807, 2.05) is 29.9 Å². The summed E-state index contributed by atoms with van der Waals surface area (Å²) in [7, 11) is 1.69. The second kappa shape index (κ2) is 6.27. The van der Waals surface area contributed by atoms with Gasteiger partial charge in [-0.05, 0) is 43.2 Å². The van der Waals surface area contributed by atoms with E-state index in [2.05, 4.69) is 29.5 Å². The molecule has 4 nitrogen and oxygen atoms in total. The van der Waals surface area contributed by atoms with Crippen LogP contribution in [-0.2, 0) is 13.1 Å². The van der Waals surface area contributed by atoms with Crippen LogP contribution in [0, 0.1) is 6.92 Å². The van der Waals surface area contributed by atoms with Crippen molar-refractivity contribution in [1.82, 2.24) is 9.78 Å². The van der Waals surface area contributed by atoms with Gasteiger partial charge in [0, 0.05) is 18.4 Å². The maximum Gasteiger partial charge on any atom is 0.121 e. The highest BCUT2D eigenvalue weighted by atomic mass is 16.5. The molecule has 2 rings (SSSR count). The van der Waals surface area contributed by atoms with Crippen LogP contribution in [0.4, 0.5) is 5.69 Å². The van der Waals surface area contributed by atoms with E-state index in [1.165, 1.54) is 5.69 Å². The van der Waals surface area contributed by atoms with E-state index in [1.54, 1.807) is 7.11 Å². The fourth-order valence-corrected chi connectivity index (χ4v) is 2.10. The summed E-state index contributed by atoms with van der Waals surface area (Å²) in [6.45, 7) is 5.95. The highest BCUT2D eigenvalue weighted by molar-refractivity contribution is 5.50. The highest BCUT2D eigenvalue weighted by Gasteiger charge is 2.03. The first-order valence-electron chi connectivity index (χ1n) is 6.63. The monoisotopic (exact) mass is 259 g/mol. The number of anilines is 1. The predicted molar refractivity (Wildman–Crippen MR) is 77.6 cm³/mol. The lowest BCUT2D eigenvalue weighted by atomic mass is 10.2. The fourth-order valence-electron chi connectivity index (χ4n) is 2.10. The molecule has 0 aliphatic rings. The normalized spacial score (nSPS) is 10.5. The number of ether oxygens (including phenoxy) is 1. The smallest absolute Gasteiger partial charge is 0.121 e. The summed E-state index contributed by atoms with van der Waals surface area (Å²) in [6.07, 6.45) is 2.95. The molecule has 0 unspecified atom stereocenters. The lowest BCUT2D eigenvalue weighted by Gasteiger charge is -2.11. The molecule has 2 aromatic rings. The fraction of sp³-hybridized carbons (Fsp3) is 0.400. The van der Waals surface area contributed by atoms with Gasteiger partial charge >= 0.3 is 0 Å². The van der Waals surface area contributed by atoms with Gasteiger partial charge in [0.05, 0.1) is 19.3 Å². The molecule has 0 spiro atoms. The molecule has 0 bridgehead atoms. The zero-order valence-corrected chi connectivity index (χ0v) is 11.8. The second-order valence-corrected chi connectivity index (χ2v) is 4.58. The van der Waals surface area contributed by atoms with E-state index in [-0.39, 0.29) is 0 Å². The number of nitrogens with one attached hydrogen (secondary N) is 1. The van der Waals surface area contributed by atoms with Gasteiger partial charge in [-0.25, -0.2) is 0 Å². The summed E-state index contributed by atoms with van der Waals surface area (Å²) < 4.78 is 7.30. The third kappa shape index (κ3) is 3.28. The number of aryl methyl sites for hydroxylation is 2. The van der Waals surface area contributed by atoms with Crippen LogP contribution in [-0.4, -0.2) is 16.9 Å². The first-order valence-corrected chi connectivity index (χ1v) is 6.63. The average Bonchev–Trinajstić information content (AvgIpc) is 2.84. The maximum atomic E-state index is 5.26. The van der Waals surface area contributed by atoms with Crippen LogP contribution >= 0.6 is 0 Å². The Bertz CT molecular complexity index is 534.